The second-order valence-corrected chi connectivity index (χ2v) is 7.96. The van der Waals surface area contributed by atoms with E-state index < -0.39 is 12.2 Å². The van der Waals surface area contributed by atoms with Gasteiger partial charge in [0.15, 0.2) is 22.7 Å². The number of anilines is 1. The summed E-state index contributed by atoms with van der Waals surface area (Å²) in [5.74, 6) is 2.29. The second kappa shape index (κ2) is 8.35. The van der Waals surface area contributed by atoms with Crippen LogP contribution in [0, 0.1) is 0 Å². The Labute approximate surface area is 179 Å². The predicted octanol–water partition coefficient (Wildman–Crippen LogP) is 3.33. The highest BCUT2D eigenvalue weighted by atomic mass is 32.2. The van der Waals surface area contributed by atoms with E-state index in [-0.39, 0.29) is 5.91 Å². The molecule has 0 aliphatic carbocycles. The largest absolute Gasteiger partial charge is 0.493 e. The van der Waals surface area contributed by atoms with Crippen molar-refractivity contribution in [2.75, 3.05) is 32.4 Å². The van der Waals surface area contributed by atoms with Gasteiger partial charge in [-0.1, -0.05) is 36.9 Å². The third-order valence-corrected chi connectivity index (χ3v) is 5.79. The first-order valence-corrected chi connectivity index (χ1v) is 10.6. The molecular formula is C21H24N4O4S. The molecule has 2 aliphatic rings. The van der Waals surface area contributed by atoms with Crippen molar-refractivity contribution < 1.29 is 19.0 Å². The molecule has 30 heavy (non-hydrogen) atoms. The van der Waals surface area contributed by atoms with Crippen molar-refractivity contribution in [1.82, 2.24) is 10.3 Å². The molecule has 9 heteroatoms. The number of fused-ring (bicyclic) bond motifs is 3. The lowest BCUT2D eigenvalue weighted by atomic mass is 9.97. The lowest BCUT2D eigenvalue weighted by molar-refractivity contribution is -0.127. The summed E-state index contributed by atoms with van der Waals surface area (Å²) in [7, 11) is 4.73. The average Bonchev–Trinajstić information content (AvgIpc) is 2.77. The molecule has 0 saturated heterocycles. The van der Waals surface area contributed by atoms with Crippen LogP contribution in [0.25, 0.3) is 0 Å². The maximum atomic E-state index is 13.1. The van der Waals surface area contributed by atoms with Crippen molar-refractivity contribution in [2.24, 2.45) is 5.10 Å². The van der Waals surface area contributed by atoms with Gasteiger partial charge >= 0.3 is 0 Å². The Morgan fingerprint density at radius 2 is 1.80 bits per heavy atom. The van der Waals surface area contributed by atoms with E-state index in [0.29, 0.717) is 22.4 Å². The number of benzene rings is 2. The number of para-hydroxylation sites is 1. The minimum Gasteiger partial charge on any atom is -0.493 e. The molecule has 2 aromatic rings. The number of thioether (sulfide) groups is 1. The van der Waals surface area contributed by atoms with Gasteiger partial charge < -0.3 is 24.8 Å². The average molecular weight is 429 g/mol. The summed E-state index contributed by atoms with van der Waals surface area (Å²) in [4.78, 5) is 13.1. The predicted molar refractivity (Wildman–Crippen MR) is 117 cm³/mol. The van der Waals surface area contributed by atoms with Crippen LogP contribution in [0.3, 0.4) is 0 Å². The molecule has 0 aromatic heterocycles. The number of nitrogens with one attached hydrogen (secondary N) is 2. The third kappa shape index (κ3) is 3.39. The number of methoxy groups -OCH3 is 3. The standard InChI is InChI=1S/C21H24N4O4S/c1-5-30-21-23-20(26)17-13-8-6-7-9-14(13)22-19(25(17)24-21)12-10-15(27-2)18(29-4)16(11-12)28-3/h6-11,17,19,22H,5H2,1-4H3,(H,23,24,26)/t17-,19+/m0/s1. The molecule has 2 aliphatic heterocycles. The monoisotopic (exact) mass is 428 g/mol. The minimum absolute atomic E-state index is 0.104. The van der Waals surface area contributed by atoms with Crippen molar-refractivity contribution in [3.63, 3.8) is 0 Å². The molecule has 2 heterocycles. The number of carbonyl (C=O) groups is 1. The number of amides is 1. The lowest BCUT2D eigenvalue weighted by Gasteiger charge is -2.43. The quantitative estimate of drug-likeness (QED) is 0.756. The van der Waals surface area contributed by atoms with Crippen molar-refractivity contribution in [3.05, 3.63) is 47.5 Å². The number of carbonyl (C=O) groups excluding carboxylic acids is 1. The van der Waals surface area contributed by atoms with Crippen LogP contribution in [0.4, 0.5) is 5.69 Å². The van der Waals surface area contributed by atoms with E-state index in [4.69, 9.17) is 19.3 Å². The maximum Gasteiger partial charge on any atom is 0.255 e. The van der Waals surface area contributed by atoms with E-state index in [1.807, 2.05) is 43.3 Å². The molecule has 2 aromatic carbocycles. The molecule has 8 nitrogen and oxygen atoms in total. The topological polar surface area (TPSA) is 84.4 Å². The van der Waals surface area contributed by atoms with Gasteiger partial charge in [-0.3, -0.25) is 9.80 Å². The molecule has 0 unspecified atom stereocenters. The SMILES string of the molecule is CCSC1=NN2[C@H](C(=O)N1)c1ccccc1N[C@H]2c1cc(OC)c(OC)c(OC)c1. The Kier molecular flexibility index (Phi) is 5.63. The van der Waals surface area contributed by atoms with Crippen LogP contribution in [0.1, 0.15) is 30.3 Å². The van der Waals surface area contributed by atoms with E-state index in [1.54, 1.807) is 26.3 Å². The lowest BCUT2D eigenvalue weighted by Crippen LogP contribution is -2.50. The van der Waals surface area contributed by atoms with E-state index in [9.17, 15) is 4.79 Å². The first kappa shape index (κ1) is 20.2. The molecule has 2 N–H and O–H groups in total. The number of amidine groups is 1. The molecule has 0 fully saturated rings. The van der Waals surface area contributed by atoms with Gasteiger partial charge in [0.05, 0.1) is 21.3 Å². The van der Waals surface area contributed by atoms with Crippen LogP contribution in [-0.4, -0.2) is 43.2 Å². The second-order valence-electron chi connectivity index (χ2n) is 6.70. The van der Waals surface area contributed by atoms with Gasteiger partial charge in [-0.15, -0.1) is 5.10 Å². The Bertz CT molecular complexity index is 972. The Balaban J connectivity index is 1.87. The molecule has 2 atom stereocenters. The smallest absolute Gasteiger partial charge is 0.255 e. The fraction of sp³-hybridized carbons (Fsp3) is 0.333. The fourth-order valence-corrected chi connectivity index (χ4v) is 4.35. The molecule has 0 radical (unpaired) electrons. The van der Waals surface area contributed by atoms with Gasteiger partial charge in [-0.2, -0.15) is 0 Å². The van der Waals surface area contributed by atoms with E-state index in [2.05, 4.69) is 10.6 Å². The maximum absolute atomic E-state index is 13.1. The Morgan fingerprint density at radius 3 is 2.43 bits per heavy atom. The van der Waals surface area contributed by atoms with Gasteiger partial charge in [0.1, 0.15) is 6.17 Å². The number of hydrogen-bond acceptors (Lipinski definition) is 8. The number of ether oxygens (including phenoxy) is 3. The summed E-state index contributed by atoms with van der Waals surface area (Å²) < 4.78 is 16.5. The number of nitrogens with zero attached hydrogens (tertiary/aromatic N) is 2. The number of hydrogen-bond donors (Lipinski definition) is 2. The molecule has 4 rings (SSSR count). The van der Waals surface area contributed by atoms with Crippen LogP contribution in [0.2, 0.25) is 0 Å². The normalized spacial score (nSPS) is 19.7. The van der Waals surface area contributed by atoms with Crippen LogP contribution in [0.5, 0.6) is 17.2 Å². The number of rotatable bonds is 5. The zero-order valence-electron chi connectivity index (χ0n) is 17.3. The zero-order valence-corrected chi connectivity index (χ0v) is 18.1. The third-order valence-electron chi connectivity index (χ3n) is 5.05. The van der Waals surface area contributed by atoms with Gasteiger partial charge in [0, 0.05) is 16.8 Å². The summed E-state index contributed by atoms with van der Waals surface area (Å²) >= 11 is 1.49. The van der Waals surface area contributed by atoms with Crippen LogP contribution in [-0.2, 0) is 4.79 Å². The first-order valence-electron chi connectivity index (χ1n) is 9.57. The highest BCUT2D eigenvalue weighted by Crippen LogP contribution is 2.46. The highest BCUT2D eigenvalue weighted by molar-refractivity contribution is 8.13. The summed E-state index contributed by atoms with van der Waals surface area (Å²) in [6.45, 7) is 2.02. The van der Waals surface area contributed by atoms with E-state index in [1.165, 1.54) is 11.8 Å². The van der Waals surface area contributed by atoms with E-state index in [0.717, 1.165) is 22.6 Å². The fourth-order valence-electron chi connectivity index (χ4n) is 3.75. The van der Waals surface area contributed by atoms with Gasteiger partial charge in [0.2, 0.25) is 5.75 Å². The van der Waals surface area contributed by atoms with Crippen molar-refractivity contribution in [2.45, 2.75) is 19.1 Å². The van der Waals surface area contributed by atoms with Crippen LogP contribution in [0.15, 0.2) is 41.5 Å². The summed E-state index contributed by atoms with van der Waals surface area (Å²) in [5.41, 5.74) is 2.60. The Morgan fingerprint density at radius 1 is 1.10 bits per heavy atom. The summed E-state index contributed by atoms with van der Waals surface area (Å²) in [6.07, 6.45) is -0.405. The van der Waals surface area contributed by atoms with Crippen LogP contribution < -0.4 is 24.8 Å². The minimum atomic E-state index is -0.548. The molecule has 0 bridgehead atoms. The highest BCUT2D eigenvalue weighted by Gasteiger charge is 2.42. The van der Waals surface area contributed by atoms with E-state index >= 15 is 0 Å². The summed E-state index contributed by atoms with van der Waals surface area (Å²) in [5, 5.41) is 13.6. The molecule has 0 saturated carbocycles. The first-order chi connectivity index (χ1) is 14.6. The van der Waals surface area contributed by atoms with Crippen LogP contribution >= 0.6 is 11.8 Å². The molecular weight excluding hydrogens is 404 g/mol. The van der Waals surface area contributed by atoms with Gasteiger partial charge in [-0.25, -0.2) is 0 Å². The Hall–Kier alpha value is -3.07. The molecule has 1 amide bonds. The van der Waals surface area contributed by atoms with Crippen molar-refractivity contribution in [1.29, 1.82) is 0 Å². The molecule has 158 valence electrons. The van der Waals surface area contributed by atoms with Crippen molar-refractivity contribution in [3.8, 4) is 17.2 Å². The number of hydrazone groups is 1. The van der Waals surface area contributed by atoms with Gasteiger partial charge in [-0.05, 0) is 24.0 Å². The van der Waals surface area contributed by atoms with Crippen molar-refractivity contribution >= 4 is 28.5 Å². The zero-order chi connectivity index (χ0) is 21.3. The summed E-state index contributed by atoms with van der Waals surface area (Å²) in [6, 6.07) is 11.0. The molecule has 0 spiro atoms. The van der Waals surface area contributed by atoms with Gasteiger partial charge in [0.25, 0.3) is 5.91 Å².